The summed E-state index contributed by atoms with van der Waals surface area (Å²) < 4.78 is 1.10. The van der Waals surface area contributed by atoms with Crippen LogP contribution >= 0.6 is 11.3 Å². The third-order valence-corrected chi connectivity index (χ3v) is 3.20. The molecule has 0 bridgehead atoms. The maximum absolute atomic E-state index is 9.74. The molecule has 68 valence electrons. The molecule has 0 unspecified atom stereocenters. The molecule has 2 nitrogen and oxygen atoms in total. The van der Waals surface area contributed by atoms with E-state index in [1.165, 1.54) is 5.56 Å². The van der Waals surface area contributed by atoms with Gasteiger partial charge in [0, 0.05) is 10.1 Å². The van der Waals surface area contributed by atoms with E-state index in [4.69, 9.17) is 5.73 Å². The number of phenolic OH excluding ortho intramolecular Hbond substituents is 1. The molecule has 0 fully saturated rings. The van der Waals surface area contributed by atoms with E-state index in [2.05, 4.69) is 12.3 Å². The predicted molar refractivity (Wildman–Crippen MR) is 57.3 cm³/mol. The van der Waals surface area contributed by atoms with Gasteiger partial charge in [0.1, 0.15) is 5.75 Å². The van der Waals surface area contributed by atoms with E-state index < -0.39 is 0 Å². The van der Waals surface area contributed by atoms with E-state index >= 15 is 0 Å². The van der Waals surface area contributed by atoms with Crippen molar-refractivity contribution in [2.75, 3.05) is 5.73 Å². The van der Waals surface area contributed by atoms with Gasteiger partial charge in [-0.25, -0.2) is 0 Å². The van der Waals surface area contributed by atoms with E-state index in [0.29, 0.717) is 5.69 Å². The largest absolute Gasteiger partial charge is 0.505 e. The summed E-state index contributed by atoms with van der Waals surface area (Å²) in [5.74, 6) is 0.232. The zero-order valence-corrected chi connectivity index (χ0v) is 8.19. The number of thiophene rings is 1. The molecule has 0 amide bonds. The molecule has 1 aromatic carbocycles. The van der Waals surface area contributed by atoms with Crippen molar-refractivity contribution < 1.29 is 5.11 Å². The van der Waals surface area contributed by atoms with Crippen molar-refractivity contribution in [1.29, 1.82) is 0 Å². The number of nitrogen functional groups attached to an aromatic ring is 1. The highest BCUT2D eigenvalue weighted by molar-refractivity contribution is 7.17. The van der Waals surface area contributed by atoms with Crippen molar-refractivity contribution >= 4 is 27.1 Å². The molecule has 3 heteroatoms. The van der Waals surface area contributed by atoms with Gasteiger partial charge in [-0.1, -0.05) is 6.92 Å². The number of aryl methyl sites for hydroxylation is 1. The fraction of sp³-hybridized carbons (Fsp3) is 0.200. The molecule has 2 aromatic rings. The molecule has 0 spiro atoms. The van der Waals surface area contributed by atoms with Crippen LogP contribution in [-0.4, -0.2) is 5.11 Å². The summed E-state index contributed by atoms with van der Waals surface area (Å²) in [6.07, 6.45) is 0.928. The van der Waals surface area contributed by atoms with Crippen LogP contribution in [0.25, 0.3) is 10.1 Å². The maximum Gasteiger partial charge on any atom is 0.147 e. The van der Waals surface area contributed by atoms with Gasteiger partial charge in [0.2, 0.25) is 0 Å². The van der Waals surface area contributed by atoms with Crippen LogP contribution in [0.15, 0.2) is 17.5 Å². The molecular weight excluding hydrogens is 182 g/mol. The molecule has 3 N–H and O–H groups in total. The van der Waals surface area contributed by atoms with E-state index in [0.717, 1.165) is 16.5 Å². The summed E-state index contributed by atoms with van der Waals surface area (Å²) in [7, 11) is 0. The molecule has 0 aliphatic rings. The molecule has 1 heterocycles. The number of hydrogen-bond donors (Lipinski definition) is 2. The fourth-order valence-corrected chi connectivity index (χ4v) is 2.50. The van der Waals surface area contributed by atoms with Crippen LogP contribution < -0.4 is 5.73 Å². The number of phenols is 1. The first-order valence-corrected chi connectivity index (χ1v) is 5.09. The van der Waals surface area contributed by atoms with Gasteiger partial charge in [-0.05, 0) is 29.5 Å². The molecule has 1 aromatic heterocycles. The predicted octanol–water partition coefficient (Wildman–Crippen LogP) is 2.75. The Bertz CT molecular complexity index is 447. The van der Waals surface area contributed by atoms with Crippen molar-refractivity contribution in [2.45, 2.75) is 13.3 Å². The lowest BCUT2D eigenvalue weighted by molar-refractivity contribution is 0.484. The Morgan fingerprint density at radius 1 is 1.46 bits per heavy atom. The van der Waals surface area contributed by atoms with Crippen LogP contribution in [0.5, 0.6) is 5.75 Å². The zero-order valence-electron chi connectivity index (χ0n) is 7.37. The van der Waals surface area contributed by atoms with E-state index in [1.807, 2.05) is 6.07 Å². The Balaban J connectivity index is 2.85. The van der Waals surface area contributed by atoms with Crippen LogP contribution in [0, 0.1) is 0 Å². The fourth-order valence-electron chi connectivity index (χ4n) is 1.45. The Kier molecular flexibility index (Phi) is 1.88. The van der Waals surface area contributed by atoms with Crippen molar-refractivity contribution in [3.63, 3.8) is 0 Å². The minimum absolute atomic E-state index is 0.232. The Labute approximate surface area is 80.6 Å². The van der Waals surface area contributed by atoms with Crippen molar-refractivity contribution in [2.24, 2.45) is 0 Å². The SMILES string of the molecule is CCc1csc2ccc(N)c(O)c12. The number of aromatic hydroxyl groups is 1. The normalized spacial score (nSPS) is 10.8. The number of benzene rings is 1. The number of rotatable bonds is 1. The zero-order chi connectivity index (χ0) is 9.42. The summed E-state index contributed by atoms with van der Waals surface area (Å²) in [5, 5.41) is 12.7. The Hall–Kier alpha value is -1.22. The molecule has 0 radical (unpaired) electrons. The maximum atomic E-state index is 9.74. The molecular formula is C10H11NOS. The second-order valence-electron chi connectivity index (χ2n) is 2.99. The van der Waals surface area contributed by atoms with Crippen LogP contribution in [0.4, 0.5) is 5.69 Å². The standard InChI is InChI=1S/C10H11NOS/c1-2-6-5-13-8-4-3-7(11)10(12)9(6)8/h3-5,12H,2,11H2,1H3. The van der Waals surface area contributed by atoms with Gasteiger partial charge in [0.15, 0.2) is 0 Å². The average Bonchev–Trinajstić information content (AvgIpc) is 2.55. The van der Waals surface area contributed by atoms with Gasteiger partial charge in [-0.3, -0.25) is 0 Å². The summed E-state index contributed by atoms with van der Waals surface area (Å²) in [6, 6.07) is 3.70. The third-order valence-electron chi connectivity index (χ3n) is 2.20. The lowest BCUT2D eigenvalue weighted by Gasteiger charge is -2.01. The Morgan fingerprint density at radius 3 is 2.92 bits per heavy atom. The van der Waals surface area contributed by atoms with E-state index in [9.17, 15) is 5.11 Å². The van der Waals surface area contributed by atoms with Gasteiger partial charge < -0.3 is 10.8 Å². The monoisotopic (exact) mass is 193 g/mol. The minimum atomic E-state index is 0.232. The summed E-state index contributed by atoms with van der Waals surface area (Å²) >= 11 is 1.65. The quantitative estimate of drug-likeness (QED) is 0.540. The third kappa shape index (κ3) is 1.16. The Morgan fingerprint density at radius 2 is 2.23 bits per heavy atom. The van der Waals surface area contributed by atoms with Crippen LogP contribution in [0.2, 0.25) is 0 Å². The second-order valence-corrected chi connectivity index (χ2v) is 3.90. The summed E-state index contributed by atoms with van der Waals surface area (Å²) in [5.41, 5.74) is 7.25. The van der Waals surface area contributed by atoms with Gasteiger partial charge in [-0.15, -0.1) is 11.3 Å². The highest BCUT2D eigenvalue weighted by Gasteiger charge is 2.09. The first kappa shape index (κ1) is 8.38. The van der Waals surface area contributed by atoms with Gasteiger partial charge in [0.05, 0.1) is 5.69 Å². The van der Waals surface area contributed by atoms with Crippen molar-refractivity contribution in [1.82, 2.24) is 0 Å². The molecule has 0 saturated heterocycles. The smallest absolute Gasteiger partial charge is 0.147 e. The molecule has 0 atom stereocenters. The van der Waals surface area contributed by atoms with Crippen molar-refractivity contribution in [3.05, 3.63) is 23.1 Å². The number of hydrogen-bond acceptors (Lipinski definition) is 3. The van der Waals surface area contributed by atoms with E-state index in [1.54, 1.807) is 17.4 Å². The summed E-state index contributed by atoms with van der Waals surface area (Å²) in [6.45, 7) is 2.07. The molecule has 0 aliphatic heterocycles. The van der Waals surface area contributed by atoms with Crippen molar-refractivity contribution in [3.8, 4) is 5.75 Å². The molecule has 0 saturated carbocycles. The van der Waals surface area contributed by atoms with Gasteiger partial charge in [-0.2, -0.15) is 0 Å². The van der Waals surface area contributed by atoms with Crippen LogP contribution in [0.1, 0.15) is 12.5 Å². The highest BCUT2D eigenvalue weighted by atomic mass is 32.1. The van der Waals surface area contributed by atoms with E-state index in [-0.39, 0.29) is 5.75 Å². The van der Waals surface area contributed by atoms with Gasteiger partial charge >= 0.3 is 0 Å². The molecule has 13 heavy (non-hydrogen) atoms. The number of fused-ring (bicyclic) bond motifs is 1. The summed E-state index contributed by atoms with van der Waals surface area (Å²) in [4.78, 5) is 0. The first-order chi connectivity index (χ1) is 6.24. The molecule has 0 aliphatic carbocycles. The highest BCUT2D eigenvalue weighted by Crippen LogP contribution is 2.37. The van der Waals surface area contributed by atoms with Crippen LogP contribution in [-0.2, 0) is 6.42 Å². The first-order valence-electron chi connectivity index (χ1n) is 4.21. The molecule has 2 rings (SSSR count). The number of anilines is 1. The lowest BCUT2D eigenvalue weighted by Crippen LogP contribution is -1.86. The lowest BCUT2D eigenvalue weighted by atomic mass is 10.1. The minimum Gasteiger partial charge on any atom is -0.505 e. The average molecular weight is 193 g/mol. The topological polar surface area (TPSA) is 46.2 Å². The second kappa shape index (κ2) is 2.92. The number of nitrogens with two attached hydrogens (primary N) is 1. The van der Waals surface area contributed by atoms with Gasteiger partial charge in [0.25, 0.3) is 0 Å². The van der Waals surface area contributed by atoms with Crippen LogP contribution in [0.3, 0.4) is 0 Å².